The number of benzene rings is 2. The van der Waals surface area contributed by atoms with Gasteiger partial charge in [-0.15, -0.1) is 0 Å². The molecule has 0 saturated carbocycles. The number of carbonyl (C=O) groups excluding carboxylic acids is 1. The van der Waals surface area contributed by atoms with Crippen LogP contribution in [0.25, 0.3) is 5.69 Å². The fourth-order valence-electron chi connectivity index (χ4n) is 4.13. The summed E-state index contributed by atoms with van der Waals surface area (Å²) in [6.07, 6.45) is -3.11. The third-order valence-electron chi connectivity index (χ3n) is 5.91. The molecule has 2 heterocycles. The largest absolute Gasteiger partial charge is 0.416 e. The van der Waals surface area contributed by atoms with Crippen LogP contribution in [0.3, 0.4) is 0 Å². The molecule has 9 heteroatoms. The molecule has 1 saturated heterocycles. The Morgan fingerprint density at radius 1 is 1.06 bits per heavy atom. The first kappa shape index (κ1) is 23.7. The number of hydrogen-bond acceptors (Lipinski definition) is 4. The second kappa shape index (κ2) is 9.80. The van der Waals surface area contributed by atoms with E-state index >= 15 is 0 Å². The zero-order chi connectivity index (χ0) is 24.3. The normalized spacial score (nSPS) is 15.3. The standard InChI is InChI=1S/C25H25F3N4O2/c1-17-14-22(33)23(30-32(17)21-8-3-2-4-9-21)24(34)29-20-10-12-31(13-11-20)16-18-6-5-7-19(15-18)25(26,27)28/h2-9,14-15,20H,10-13,16H2,1H3,(H,29,34). The average molecular weight is 470 g/mol. The van der Waals surface area contributed by atoms with Crippen LogP contribution in [0.5, 0.6) is 0 Å². The van der Waals surface area contributed by atoms with E-state index in [1.54, 1.807) is 17.7 Å². The molecule has 34 heavy (non-hydrogen) atoms. The van der Waals surface area contributed by atoms with E-state index in [0.717, 1.165) is 11.8 Å². The van der Waals surface area contributed by atoms with Crippen molar-refractivity contribution >= 4 is 5.91 Å². The Labute approximate surface area is 195 Å². The minimum atomic E-state index is -4.36. The predicted molar refractivity (Wildman–Crippen MR) is 122 cm³/mol. The van der Waals surface area contributed by atoms with Gasteiger partial charge in [0, 0.05) is 37.4 Å². The van der Waals surface area contributed by atoms with Crippen molar-refractivity contribution in [1.29, 1.82) is 0 Å². The Kier molecular flexibility index (Phi) is 6.83. The van der Waals surface area contributed by atoms with Gasteiger partial charge in [0.15, 0.2) is 5.69 Å². The highest BCUT2D eigenvalue weighted by molar-refractivity contribution is 5.92. The van der Waals surface area contributed by atoms with Crippen molar-refractivity contribution in [3.05, 3.63) is 93.4 Å². The first-order chi connectivity index (χ1) is 16.2. The van der Waals surface area contributed by atoms with Gasteiger partial charge < -0.3 is 5.32 Å². The van der Waals surface area contributed by atoms with Gasteiger partial charge in [-0.25, -0.2) is 4.68 Å². The Hall–Kier alpha value is -3.46. The number of para-hydroxylation sites is 1. The summed E-state index contributed by atoms with van der Waals surface area (Å²) in [5, 5.41) is 7.19. The number of alkyl halides is 3. The lowest BCUT2D eigenvalue weighted by Gasteiger charge is -2.32. The van der Waals surface area contributed by atoms with E-state index in [-0.39, 0.29) is 11.7 Å². The topological polar surface area (TPSA) is 67.2 Å². The number of aromatic nitrogens is 2. The highest BCUT2D eigenvalue weighted by Gasteiger charge is 2.30. The monoisotopic (exact) mass is 470 g/mol. The van der Waals surface area contributed by atoms with Crippen LogP contribution in [0.15, 0.2) is 65.5 Å². The lowest BCUT2D eigenvalue weighted by molar-refractivity contribution is -0.137. The molecule has 178 valence electrons. The quantitative estimate of drug-likeness (QED) is 0.613. The third-order valence-corrected chi connectivity index (χ3v) is 5.91. The molecule has 1 amide bonds. The second-order valence-corrected chi connectivity index (χ2v) is 8.47. The van der Waals surface area contributed by atoms with Crippen LogP contribution in [-0.2, 0) is 12.7 Å². The molecule has 0 spiro atoms. The minimum Gasteiger partial charge on any atom is -0.348 e. The van der Waals surface area contributed by atoms with Crippen LogP contribution in [0.2, 0.25) is 0 Å². The molecular weight excluding hydrogens is 445 g/mol. The van der Waals surface area contributed by atoms with Crippen LogP contribution < -0.4 is 10.7 Å². The van der Waals surface area contributed by atoms with Crippen LogP contribution >= 0.6 is 0 Å². The number of amides is 1. The van der Waals surface area contributed by atoms with E-state index in [0.29, 0.717) is 43.7 Å². The number of piperidine rings is 1. The number of nitrogens with zero attached hydrogens (tertiary/aromatic N) is 3. The van der Waals surface area contributed by atoms with Gasteiger partial charge in [0.05, 0.1) is 11.3 Å². The molecule has 1 N–H and O–H groups in total. The molecule has 0 bridgehead atoms. The first-order valence-electron chi connectivity index (χ1n) is 11.1. The summed E-state index contributed by atoms with van der Waals surface area (Å²) in [4.78, 5) is 27.3. The molecule has 0 aliphatic carbocycles. The molecule has 2 aromatic carbocycles. The van der Waals surface area contributed by atoms with E-state index in [1.165, 1.54) is 18.2 Å². The molecule has 3 aromatic rings. The number of aryl methyl sites for hydroxylation is 1. The fraction of sp³-hybridized carbons (Fsp3) is 0.320. The lowest BCUT2D eigenvalue weighted by Crippen LogP contribution is -2.45. The molecule has 6 nitrogen and oxygen atoms in total. The fourth-order valence-corrected chi connectivity index (χ4v) is 4.13. The van der Waals surface area contributed by atoms with Gasteiger partial charge >= 0.3 is 6.18 Å². The smallest absolute Gasteiger partial charge is 0.348 e. The van der Waals surface area contributed by atoms with Crippen molar-refractivity contribution in [2.75, 3.05) is 13.1 Å². The maximum atomic E-state index is 12.9. The Morgan fingerprint density at radius 3 is 2.44 bits per heavy atom. The molecule has 1 aliphatic heterocycles. The number of likely N-dealkylation sites (tertiary alicyclic amines) is 1. The molecular formula is C25H25F3N4O2. The van der Waals surface area contributed by atoms with Crippen LogP contribution in [0.1, 0.15) is 40.2 Å². The minimum absolute atomic E-state index is 0.141. The zero-order valence-electron chi connectivity index (χ0n) is 18.7. The summed E-state index contributed by atoms with van der Waals surface area (Å²) in [5.74, 6) is -0.522. The van der Waals surface area contributed by atoms with Crippen LogP contribution in [0, 0.1) is 6.92 Å². The van der Waals surface area contributed by atoms with Crippen molar-refractivity contribution in [1.82, 2.24) is 20.0 Å². The number of nitrogens with one attached hydrogen (secondary N) is 1. The van der Waals surface area contributed by atoms with E-state index in [9.17, 15) is 22.8 Å². The van der Waals surface area contributed by atoms with E-state index in [1.807, 2.05) is 30.3 Å². The molecule has 0 radical (unpaired) electrons. The zero-order valence-corrected chi connectivity index (χ0v) is 18.7. The van der Waals surface area contributed by atoms with E-state index in [4.69, 9.17) is 0 Å². The number of carbonyl (C=O) groups is 1. The molecule has 1 aromatic heterocycles. The van der Waals surface area contributed by atoms with Crippen molar-refractivity contribution < 1.29 is 18.0 Å². The van der Waals surface area contributed by atoms with Crippen molar-refractivity contribution in [2.24, 2.45) is 0 Å². The summed E-state index contributed by atoms with van der Waals surface area (Å²) < 4.78 is 40.4. The van der Waals surface area contributed by atoms with Gasteiger partial charge in [-0.2, -0.15) is 18.3 Å². The lowest BCUT2D eigenvalue weighted by atomic mass is 10.0. The Balaban J connectivity index is 1.38. The van der Waals surface area contributed by atoms with Gasteiger partial charge in [0.25, 0.3) is 5.91 Å². The summed E-state index contributed by atoms with van der Waals surface area (Å²) in [6.45, 7) is 3.41. The highest BCUT2D eigenvalue weighted by Crippen LogP contribution is 2.30. The van der Waals surface area contributed by atoms with Gasteiger partial charge in [0.2, 0.25) is 5.43 Å². The van der Waals surface area contributed by atoms with Crippen molar-refractivity contribution in [3.63, 3.8) is 0 Å². The molecule has 1 aliphatic rings. The summed E-state index contributed by atoms with van der Waals surface area (Å²) in [5.41, 5.74) is 0.708. The molecule has 4 rings (SSSR count). The third kappa shape index (κ3) is 5.53. The highest BCUT2D eigenvalue weighted by atomic mass is 19.4. The van der Waals surface area contributed by atoms with Gasteiger partial charge in [-0.05, 0) is 43.5 Å². The molecule has 0 atom stereocenters. The maximum Gasteiger partial charge on any atom is 0.416 e. The first-order valence-corrected chi connectivity index (χ1v) is 11.1. The molecule has 1 fully saturated rings. The number of rotatable bonds is 5. The average Bonchev–Trinajstić information content (AvgIpc) is 2.80. The summed E-state index contributed by atoms with van der Waals surface area (Å²) >= 11 is 0. The number of hydrogen-bond donors (Lipinski definition) is 1. The van der Waals surface area contributed by atoms with E-state index < -0.39 is 23.1 Å². The second-order valence-electron chi connectivity index (χ2n) is 8.47. The SMILES string of the molecule is Cc1cc(=O)c(C(=O)NC2CCN(Cc3cccc(C(F)(F)F)c3)CC2)nn1-c1ccccc1. The Bertz CT molecular complexity index is 1220. The Morgan fingerprint density at radius 2 is 1.76 bits per heavy atom. The van der Waals surface area contributed by atoms with Crippen molar-refractivity contribution in [2.45, 2.75) is 38.5 Å². The van der Waals surface area contributed by atoms with Crippen LogP contribution in [0.4, 0.5) is 13.2 Å². The van der Waals surface area contributed by atoms with Gasteiger partial charge in [0.1, 0.15) is 0 Å². The van der Waals surface area contributed by atoms with Crippen LogP contribution in [-0.4, -0.2) is 39.7 Å². The number of halogens is 3. The van der Waals surface area contributed by atoms with Crippen molar-refractivity contribution in [3.8, 4) is 5.69 Å². The van der Waals surface area contributed by atoms with Gasteiger partial charge in [-0.1, -0.05) is 36.4 Å². The maximum absolute atomic E-state index is 12.9. The van der Waals surface area contributed by atoms with Gasteiger partial charge in [-0.3, -0.25) is 14.5 Å². The summed E-state index contributed by atoms with van der Waals surface area (Å²) in [6, 6.07) is 15.8. The summed E-state index contributed by atoms with van der Waals surface area (Å²) in [7, 11) is 0. The molecule has 0 unspecified atom stereocenters. The predicted octanol–water partition coefficient (Wildman–Crippen LogP) is 3.95. The van der Waals surface area contributed by atoms with E-state index in [2.05, 4.69) is 15.3 Å².